The van der Waals surface area contributed by atoms with Gasteiger partial charge in [-0.25, -0.2) is 8.78 Å². The summed E-state index contributed by atoms with van der Waals surface area (Å²) in [6.07, 6.45) is -7.60. The number of alkyl halides is 5. The largest absolute Gasteiger partial charge is 0.401 e. The van der Waals surface area contributed by atoms with Crippen molar-refractivity contribution in [1.82, 2.24) is 5.32 Å². The van der Waals surface area contributed by atoms with E-state index in [-0.39, 0.29) is 41.1 Å². The molecular formula is C28H26ClF5N4. The van der Waals surface area contributed by atoms with Crippen LogP contribution in [0.3, 0.4) is 0 Å². The second-order valence-electron chi connectivity index (χ2n) is 8.54. The van der Waals surface area contributed by atoms with Crippen LogP contribution >= 0.6 is 11.6 Å². The highest BCUT2D eigenvalue weighted by Gasteiger charge is 2.28. The van der Waals surface area contributed by atoms with Crippen LogP contribution in [0.2, 0.25) is 5.02 Å². The molecule has 0 heterocycles. The van der Waals surface area contributed by atoms with Gasteiger partial charge in [-0.05, 0) is 40.5 Å². The lowest BCUT2D eigenvalue weighted by molar-refractivity contribution is -0.127. The average Bonchev–Trinajstić information content (AvgIpc) is 2.85. The number of rotatable bonds is 10. The van der Waals surface area contributed by atoms with E-state index < -0.39 is 24.6 Å². The first kappa shape index (κ1) is 28.7. The van der Waals surface area contributed by atoms with Crippen molar-refractivity contribution in [3.8, 4) is 0 Å². The van der Waals surface area contributed by atoms with Gasteiger partial charge in [0.15, 0.2) is 0 Å². The van der Waals surface area contributed by atoms with Crippen LogP contribution < -0.4 is 16.8 Å². The molecule has 3 aromatic rings. The van der Waals surface area contributed by atoms with Crippen molar-refractivity contribution < 1.29 is 22.0 Å². The third-order valence-electron chi connectivity index (χ3n) is 5.65. The summed E-state index contributed by atoms with van der Waals surface area (Å²) in [5, 5.41) is 11.5. The molecule has 0 aliphatic carbocycles. The van der Waals surface area contributed by atoms with Gasteiger partial charge in [-0.1, -0.05) is 66.2 Å². The smallest absolute Gasteiger partial charge is 0.393 e. The molecule has 4 nitrogen and oxygen atoms in total. The molecule has 0 spiro atoms. The van der Waals surface area contributed by atoms with Crippen LogP contribution in [0, 0.1) is 5.41 Å². The van der Waals surface area contributed by atoms with Gasteiger partial charge in [-0.3, -0.25) is 0 Å². The number of hydrogen-bond donors (Lipinski definition) is 4. The van der Waals surface area contributed by atoms with Crippen LogP contribution in [-0.2, 0) is 19.4 Å². The second-order valence-corrected chi connectivity index (χ2v) is 8.94. The normalized spacial score (nSPS) is 13.1. The Morgan fingerprint density at radius 2 is 1.58 bits per heavy atom. The molecule has 0 saturated carbocycles. The summed E-state index contributed by atoms with van der Waals surface area (Å²) in [5.41, 5.74) is 14.5. The monoisotopic (exact) mass is 548 g/mol. The van der Waals surface area contributed by atoms with Crippen molar-refractivity contribution >= 4 is 23.5 Å². The van der Waals surface area contributed by atoms with Gasteiger partial charge in [0.05, 0.1) is 17.8 Å². The van der Waals surface area contributed by atoms with E-state index in [0.29, 0.717) is 16.3 Å². The summed E-state index contributed by atoms with van der Waals surface area (Å²) in [4.78, 5) is 0. The van der Waals surface area contributed by atoms with E-state index in [1.807, 2.05) is 0 Å². The molecule has 200 valence electrons. The first-order valence-corrected chi connectivity index (χ1v) is 11.9. The maximum Gasteiger partial charge on any atom is 0.393 e. The van der Waals surface area contributed by atoms with E-state index >= 15 is 0 Å². The maximum atomic E-state index is 13.4. The summed E-state index contributed by atoms with van der Waals surface area (Å²) < 4.78 is 65.7. The summed E-state index contributed by atoms with van der Waals surface area (Å²) in [7, 11) is 0. The fraction of sp³-hybridized carbons (Fsp3) is 0.179. The molecule has 0 saturated heterocycles. The summed E-state index contributed by atoms with van der Waals surface area (Å²) in [5.74, 6) is 0. The van der Waals surface area contributed by atoms with Gasteiger partial charge >= 0.3 is 6.18 Å². The molecule has 0 aromatic heterocycles. The molecular weight excluding hydrogens is 523 g/mol. The molecule has 3 aromatic carbocycles. The number of benzene rings is 3. The van der Waals surface area contributed by atoms with Crippen molar-refractivity contribution in [2.75, 3.05) is 0 Å². The Balaban J connectivity index is 2.02. The van der Waals surface area contributed by atoms with E-state index in [4.69, 9.17) is 28.5 Å². The number of allylic oxidation sites excluding steroid dienone is 2. The zero-order chi connectivity index (χ0) is 27.9. The van der Waals surface area contributed by atoms with Crippen LogP contribution in [0.1, 0.15) is 34.2 Å². The highest BCUT2D eigenvalue weighted by molar-refractivity contribution is 6.31. The molecule has 6 N–H and O–H groups in total. The van der Waals surface area contributed by atoms with E-state index in [9.17, 15) is 22.0 Å². The Labute approximate surface area is 222 Å². The van der Waals surface area contributed by atoms with Crippen molar-refractivity contribution in [1.29, 1.82) is 5.41 Å². The minimum atomic E-state index is -4.55. The average molecular weight is 549 g/mol. The third-order valence-corrected chi connectivity index (χ3v) is 6.02. The molecule has 0 fully saturated rings. The first-order valence-electron chi connectivity index (χ1n) is 11.5. The van der Waals surface area contributed by atoms with E-state index in [2.05, 4.69) is 5.32 Å². The minimum Gasteiger partial charge on any atom is -0.401 e. The first-order chi connectivity index (χ1) is 18.0. The van der Waals surface area contributed by atoms with Crippen LogP contribution in [-0.4, -0.2) is 12.4 Å². The quantitative estimate of drug-likeness (QED) is 0.126. The van der Waals surface area contributed by atoms with Crippen LogP contribution in [0.4, 0.5) is 22.0 Å². The SMILES string of the molecule is N=CC(=C(\N)Cc1ccccc1Cl)/C(N)=C(/NCc1cc(CC(F)(F)F)cc(C(F)F)c1)c1ccccc1. The molecule has 10 heteroatoms. The van der Waals surface area contributed by atoms with Gasteiger partial charge in [0.25, 0.3) is 6.43 Å². The zero-order valence-electron chi connectivity index (χ0n) is 20.1. The van der Waals surface area contributed by atoms with Crippen molar-refractivity contribution in [2.24, 2.45) is 11.5 Å². The summed E-state index contributed by atoms with van der Waals surface area (Å²) in [6, 6.07) is 19.1. The van der Waals surface area contributed by atoms with Crippen LogP contribution in [0.25, 0.3) is 5.70 Å². The Morgan fingerprint density at radius 3 is 2.18 bits per heavy atom. The summed E-state index contributed by atoms with van der Waals surface area (Å²) in [6.45, 7) is -0.105. The molecule has 0 atom stereocenters. The topological polar surface area (TPSA) is 87.9 Å². The van der Waals surface area contributed by atoms with Crippen LogP contribution in [0.15, 0.2) is 89.8 Å². The second kappa shape index (κ2) is 12.6. The van der Waals surface area contributed by atoms with Gasteiger partial charge in [0, 0.05) is 41.0 Å². The van der Waals surface area contributed by atoms with Gasteiger partial charge < -0.3 is 22.2 Å². The van der Waals surface area contributed by atoms with Gasteiger partial charge in [0.1, 0.15) is 0 Å². The lowest BCUT2D eigenvalue weighted by Gasteiger charge is -2.18. The lowest BCUT2D eigenvalue weighted by atomic mass is 10.00. The highest BCUT2D eigenvalue weighted by atomic mass is 35.5. The molecule has 0 bridgehead atoms. The lowest BCUT2D eigenvalue weighted by Crippen LogP contribution is -2.21. The van der Waals surface area contributed by atoms with E-state index in [1.54, 1.807) is 54.6 Å². The fourth-order valence-corrected chi connectivity index (χ4v) is 4.12. The molecule has 38 heavy (non-hydrogen) atoms. The van der Waals surface area contributed by atoms with E-state index in [1.165, 1.54) is 6.07 Å². The minimum absolute atomic E-state index is 0.105. The maximum absolute atomic E-state index is 13.4. The molecule has 0 radical (unpaired) electrons. The van der Waals surface area contributed by atoms with Crippen molar-refractivity contribution in [2.45, 2.75) is 32.0 Å². The Morgan fingerprint density at radius 1 is 0.947 bits per heavy atom. The fourth-order valence-electron chi connectivity index (χ4n) is 3.92. The predicted molar refractivity (Wildman–Crippen MR) is 141 cm³/mol. The third kappa shape index (κ3) is 7.82. The number of nitrogens with one attached hydrogen (secondary N) is 2. The standard InChI is InChI=1S/C28H26ClF5N4/c29-23-9-5-4-8-20(23)13-24(36)22(15-35)25(37)26(19-6-2-1-3-7-19)38-16-18-10-17(14-28(32,33)34)11-21(12-18)27(30)31/h1-12,15,27,35,38H,13-14,16,36-37H2/b24-22+,26-25-,35-15?. The van der Waals surface area contributed by atoms with Crippen molar-refractivity contribution in [3.63, 3.8) is 0 Å². The summed E-state index contributed by atoms with van der Waals surface area (Å²) >= 11 is 6.24. The molecule has 3 rings (SSSR count). The highest BCUT2D eigenvalue weighted by Crippen LogP contribution is 2.28. The Kier molecular flexibility index (Phi) is 9.52. The Hall–Kier alpha value is -3.85. The zero-order valence-corrected chi connectivity index (χ0v) is 20.9. The molecule has 0 unspecified atom stereocenters. The van der Waals surface area contributed by atoms with Gasteiger partial charge in [0.2, 0.25) is 0 Å². The molecule has 0 aliphatic rings. The predicted octanol–water partition coefficient (Wildman–Crippen LogP) is 6.90. The molecule has 0 aliphatic heterocycles. The van der Waals surface area contributed by atoms with Crippen LogP contribution in [0.5, 0.6) is 0 Å². The number of hydrogen-bond acceptors (Lipinski definition) is 4. The molecule has 0 amide bonds. The van der Waals surface area contributed by atoms with Gasteiger partial charge in [-0.15, -0.1) is 0 Å². The van der Waals surface area contributed by atoms with E-state index in [0.717, 1.165) is 23.9 Å². The van der Waals surface area contributed by atoms with Crippen molar-refractivity contribution in [3.05, 3.63) is 123 Å². The Bertz CT molecular complexity index is 1330. The van der Waals surface area contributed by atoms with Gasteiger partial charge in [-0.2, -0.15) is 13.2 Å². The number of halogens is 6. The number of nitrogens with two attached hydrogens (primary N) is 2.